The lowest BCUT2D eigenvalue weighted by Gasteiger charge is -2.30. The van der Waals surface area contributed by atoms with Crippen molar-refractivity contribution in [2.75, 3.05) is 5.32 Å². The average Bonchev–Trinajstić information content (AvgIpc) is 3.23. The maximum atomic E-state index is 12.6. The topological polar surface area (TPSA) is 146 Å². The number of imidazole rings is 1. The van der Waals surface area contributed by atoms with Gasteiger partial charge in [0.25, 0.3) is 0 Å². The number of aromatic nitrogens is 6. The Balaban J connectivity index is 1.63. The van der Waals surface area contributed by atoms with E-state index in [2.05, 4.69) is 42.8 Å². The molecule has 1 unspecified atom stereocenters. The molecule has 1 aliphatic rings. The van der Waals surface area contributed by atoms with Crippen LogP contribution in [0.3, 0.4) is 0 Å². The molecule has 0 aliphatic heterocycles. The quantitative estimate of drug-likeness (QED) is 0.334. The first-order chi connectivity index (χ1) is 18.0. The molecule has 38 heavy (non-hydrogen) atoms. The number of carbonyl (C=O) groups excluding carboxylic acids is 1. The molecule has 0 fully saturated rings. The zero-order valence-electron chi connectivity index (χ0n) is 23.3. The SMILES string of the molecule is CCn1c(-c2cnc(C)nc2)nc2c(NC3CCC(NC(=O)NC(C)(C)C)=C(C(=N)C(C)C)C3)ncnc21. The van der Waals surface area contributed by atoms with E-state index in [0.29, 0.717) is 42.3 Å². The van der Waals surface area contributed by atoms with Gasteiger partial charge in [0.2, 0.25) is 0 Å². The van der Waals surface area contributed by atoms with Crippen LogP contribution in [0.1, 0.15) is 66.6 Å². The molecule has 3 aromatic rings. The normalized spacial score (nSPS) is 16.2. The van der Waals surface area contributed by atoms with Crippen molar-refractivity contribution in [3.63, 3.8) is 0 Å². The third-order valence-corrected chi connectivity index (χ3v) is 6.44. The fourth-order valence-corrected chi connectivity index (χ4v) is 4.60. The molecule has 0 bridgehead atoms. The summed E-state index contributed by atoms with van der Waals surface area (Å²) in [6, 6.07) is -0.223. The van der Waals surface area contributed by atoms with Crippen LogP contribution in [0.4, 0.5) is 10.6 Å². The monoisotopic (exact) mass is 518 g/mol. The number of hydrogen-bond acceptors (Lipinski definition) is 8. The van der Waals surface area contributed by atoms with Gasteiger partial charge in [-0.1, -0.05) is 13.8 Å². The molecule has 4 N–H and O–H groups in total. The lowest BCUT2D eigenvalue weighted by molar-refractivity contribution is 0.234. The molecule has 202 valence electrons. The first-order valence-corrected chi connectivity index (χ1v) is 13.1. The van der Waals surface area contributed by atoms with E-state index in [0.717, 1.165) is 34.7 Å². The first kappa shape index (κ1) is 27.2. The zero-order valence-corrected chi connectivity index (χ0v) is 23.3. The highest BCUT2D eigenvalue weighted by Gasteiger charge is 2.28. The summed E-state index contributed by atoms with van der Waals surface area (Å²) < 4.78 is 2.03. The number of fused-ring (bicyclic) bond motifs is 1. The predicted molar refractivity (Wildman–Crippen MR) is 149 cm³/mol. The van der Waals surface area contributed by atoms with Crippen LogP contribution in [0.5, 0.6) is 0 Å². The first-order valence-electron chi connectivity index (χ1n) is 13.1. The van der Waals surface area contributed by atoms with Gasteiger partial charge in [0.15, 0.2) is 17.0 Å². The van der Waals surface area contributed by atoms with Crippen LogP contribution < -0.4 is 16.0 Å². The molecule has 1 aliphatic carbocycles. The van der Waals surface area contributed by atoms with Gasteiger partial charge in [-0.25, -0.2) is 29.7 Å². The van der Waals surface area contributed by atoms with E-state index in [1.165, 1.54) is 0 Å². The number of aryl methyl sites for hydroxylation is 2. The van der Waals surface area contributed by atoms with Crippen molar-refractivity contribution in [2.24, 2.45) is 5.92 Å². The van der Waals surface area contributed by atoms with Gasteiger partial charge in [0.05, 0.1) is 5.56 Å². The Morgan fingerprint density at radius 3 is 2.53 bits per heavy atom. The molecule has 3 aromatic heterocycles. The second kappa shape index (κ2) is 10.8. The second-order valence-electron chi connectivity index (χ2n) is 11.0. The van der Waals surface area contributed by atoms with Gasteiger partial charge >= 0.3 is 6.03 Å². The molecule has 1 atom stereocenters. The van der Waals surface area contributed by atoms with E-state index >= 15 is 0 Å². The molecule has 0 radical (unpaired) electrons. The fourth-order valence-electron chi connectivity index (χ4n) is 4.60. The number of carbonyl (C=O) groups is 1. The molecular formula is C27H38N10O. The van der Waals surface area contributed by atoms with Gasteiger partial charge in [-0.05, 0) is 65.4 Å². The summed E-state index contributed by atoms with van der Waals surface area (Å²) in [4.78, 5) is 35.2. The molecule has 0 spiro atoms. The lowest BCUT2D eigenvalue weighted by Crippen LogP contribution is -2.47. The number of nitrogens with one attached hydrogen (secondary N) is 4. The molecule has 0 aromatic carbocycles. The van der Waals surface area contributed by atoms with Crippen LogP contribution in [-0.4, -0.2) is 52.8 Å². The Morgan fingerprint density at radius 2 is 1.89 bits per heavy atom. The summed E-state index contributed by atoms with van der Waals surface area (Å²) >= 11 is 0. The summed E-state index contributed by atoms with van der Waals surface area (Å²) in [5.74, 6) is 2.14. The number of nitrogens with zero attached hydrogens (tertiary/aromatic N) is 6. The molecule has 4 rings (SSSR count). The average molecular weight is 519 g/mol. The molecule has 11 heteroatoms. The van der Waals surface area contributed by atoms with Gasteiger partial charge in [-0.2, -0.15) is 0 Å². The van der Waals surface area contributed by atoms with Crippen molar-refractivity contribution in [3.05, 3.63) is 35.8 Å². The number of hydrogen-bond donors (Lipinski definition) is 4. The van der Waals surface area contributed by atoms with E-state index in [-0.39, 0.29) is 23.5 Å². The van der Waals surface area contributed by atoms with Crippen molar-refractivity contribution >= 4 is 28.7 Å². The number of amides is 2. The molecule has 3 heterocycles. The Morgan fingerprint density at radius 1 is 1.18 bits per heavy atom. The zero-order chi connectivity index (χ0) is 27.6. The smallest absolute Gasteiger partial charge is 0.319 e. The Hall–Kier alpha value is -3.89. The highest BCUT2D eigenvalue weighted by atomic mass is 16.2. The predicted octanol–water partition coefficient (Wildman–Crippen LogP) is 4.60. The van der Waals surface area contributed by atoms with Crippen molar-refractivity contribution in [1.29, 1.82) is 5.41 Å². The largest absolute Gasteiger partial charge is 0.365 e. The summed E-state index contributed by atoms with van der Waals surface area (Å²) in [6.07, 6.45) is 7.11. The van der Waals surface area contributed by atoms with Gasteiger partial charge in [-0.3, -0.25) is 0 Å². The second-order valence-corrected chi connectivity index (χ2v) is 11.0. The van der Waals surface area contributed by atoms with Crippen LogP contribution in [0.25, 0.3) is 22.6 Å². The minimum absolute atomic E-state index is 0.0244. The number of anilines is 1. The maximum Gasteiger partial charge on any atom is 0.319 e. The number of urea groups is 1. The highest BCUT2D eigenvalue weighted by Crippen LogP contribution is 2.31. The minimum Gasteiger partial charge on any atom is -0.365 e. The van der Waals surface area contributed by atoms with Crippen molar-refractivity contribution in [1.82, 2.24) is 40.1 Å². The van der Waals surface area contributed by atoms with Crippen molar-refractivity contribution < 1.29 is 4.79 Å². The van der Waals surface area contributed by atoms with E-state index in [1.54, 1.807) is 18.7 Å². The van der Waals surface area contributed by atoms with E-state index < -0.39 is 0 Å². The summed E-state index contributed by atoms with van der Waals surface area (Å²) in [5, 5.41) is 18.3. The van der Waals surface area contributed by atoms with Gasteiger partial charge in [-0.15, -0.1) is 0 Å². The van der Waals surface area contributed by atoms with Crippen molar-refractivity contribution in [3.8, 4) is 11.4 Å². The van der Waals surface area contributed by atoms with E-state index in [4.69, 9.17) is 10.4 Å². The van der Waals surface area contributed by atoms with Crippen LogP contribution >= 0.6 is 0 Å². The minimum atomic E-state index is -0.348. The Bertz CT molecular complexity index is 1360. The van der Waals surface area contributed by atoms with Crippen LogP contribution in [0.15, 0.2) is 30.0 Å². The van der Waals surface area contributed by atoms with Gasteiger partial charge < -0.3 is 25.9 Å². The molecule has 2 amide bonds. The van der Waals surface area contributed by atoms with Gasteiger partial charge in [0, 0.05) is 41.9 Å². The lowest BCUT2D eigenvalue weighted by atomic mass is 9.85. The fraction of sp³-hybridized carbons (Fsp3) is 0.519. The molecule has 11 nitrogen and oxygen atoms in total. The van der Waals surface area contributed by atoms with Crippen LogP contribution in [-0.2, 0) is 6.54 Å². The highest BCUT2D eigenvalue weighted by molar-refractivity contribution is 6.00. The van der Waals surface area contributed by atoms with E-state index in [1.807, 2.05) is 46.1 Å². The van der Waals surface area contributed by atoms with E-state index in [9.17, 15) is 4.79 Å². The molecule has 0 saturated heterocycles. The Labute approximate surface area is 223 Å². The molecule has 0 saturated carbocycles. The van der Waals surface area contributed by atoms with Crippen LogP contribution in [0.2, 0.25) is 0 Å². The number of allylic oxidation sites excluding steroid dienone is 1. The number of rotatable bonds is 7. The summed E-state index contributed by atoms with van der Waals surface area (Å²) in [6.45, 7) is 14.4. The summed E-state index contributed by atoms with van der Waals surface area (Å²) in [5.41, 5.74) is 4.11. The standard InChI is InChI=1S/C27H38N10O/c1-8-37-24(17-12-29-16(4)30-13-17)35-22-23(31-14-32-25(22)37)33-18-9-10-20(19(11-18)21(28)15(2)3)34-26(38)36-27(5,6)7/h12-15,18,28H,8-11H2,1-7H3,(H,31,32,33)(H2,34,36,38). The van der Waals surface area contributed by atoms with Crippen molar-refractivity contribution in [2.45, 2.75) is 85.9 Å². The van der Waals surface area contributed by atoms with Crippen LogP contribution in [0, 0.1) is 18.3 Å². The third-order valence-electron chi connectivity index (χ3n) is 6.44. The third kappa shape index (κ3) is 5.98. The molecular weight excluding hydrogens is 480 g/mol. The summed E-state index contributed by atoms with van der Waals surface area (Å²) in [7, 11) is 0. The van der Waals surface area contributed by atoms with Gasteiger partial charge in [0.1, 0.15) is 18.0 Å². The Kier molecular flexibility index (Phi) is 7.75. The maximum absolute atomic E-state index is 12.6.